The Kier molecular flexibility index (Phi) is 10.7. The second-order valence-corrected chi connectivity index (χ2v) is 15.9. The quantitative estimate of drug-likeness (QED) is 0.149. The highest BCUT2D eigenvalue weighted by Crippen LogP contribution is 2.67. The summed E-state index contributed by atoms with van der Waals surface area (Å²) in [6.45, 7) is 3.65. The van der Waals surface area contributed by atoms with E-state index in [0.717, 1.165) is 6.08 Å². The fourth-order valence-electron chi connectivity index (χ4n) is 4.69. The van der Waals surface area contributed by atoms with Crippen molar-refractivity contribution in [1.82, 2.24) is 4.72 Å². The number of carbonyl (C=O) groups is 1. The van der Waals surface area contributed by atoms with Crippen LogP contribution in [0.2, 0.25) is 0 Å². The Morgan fingerprint density at radius 3 is 1.91 bits per heavy atom. The van der Waals surface area contributed by atoms with Gasteiger partial charge in [0, 0.05) is 11.1 Å². The molecule has 0 aliphatic heterocycles. The minimum atomic E-state index is -4.68. The number of hydrogen-bond acceptors (Lipinski definition) is 9. The Labute approximate surface area is 258 Å². The Morgan fingerprint density at radius 1 is 0.773 bits per heavy atom. The molecular weight excluding hydrogens is 625 g/mol. The van der Waals surface area contributed by atoms with Gasteiger partial charge in [-0.15, -0.1) is 0 Å². The predicted octanol–water partition coefficient (Wildman–Crippen LogP) is 6.21. The highest BCUT2D eigenvalue weighted by atomic mass is 32.2. The van der Waals surface area contributed by atoms with Gasteiger partial charge in [0.2, 0.25) is 25.6 Å². The molecule has 1 aliphatic rings. The molecule has 1 N–H and O–H groups in total. The number of unbranched alkanes of at least 4 members (excludes halogenated alkanes) is 2. The molecule has 13 heteroatoms. The zero-order valence-electron chi connectivity index (χ0n) is 24.8. The van der Waals surface area contributed by atoms with E-state index in [1.807, 2.05) is 13.8 Å². The van der Waals surface area contributed by atoms with E-state index in [-0.39, 0.29) is 34.1 Å². The largest absolute Gasteiger partial charge is 0.497 e. The topological polar surface area (TPSA) is 142 Å². The molecule has 0 aromatic heterocycles. The number of sulfonamides is 1. The summed E-state index contributed by atoms with van der Waals surface area (Å²) >= 11 is 0. The van der Waals surface area contributed by atoms with Crippen molar-refractivity contribution in [2.45, 2.75) is 54.6 Å². The number of methoxy groups -OCH3 is 1. The molecular formula is C31H36NO9PS2. The summed E-state index contributed by atoms with van der Waals surface area (Å²) in [5, 5.41) is -2.44. The highest BCUT2D eigenvalue weighted by Gasteiger charge is 2.58. The number of ketones is 1. The second-order valence-electron chi connectivity index (χ2n) is 10.1. The molecule has 1 aliphatic carbocycles. The number of hydrogen-bond donors (Lipinski definition) is 1. The first-order valence-corrected chi connectivity index (χ1v) is 18.7. The van der Waals surface area contributed by atoms with Gasteiger partial charge in [-0.2, -0.15) is 4.72 Å². The van der Waals surface area contributed by atoms with Gasteiger partial charge in [-0.3, -0.25) is 9.36 Å². The Balaban J connectivity index is 2.07. The second kappa shape index (κ2) is 13.9. The van der Waals surface area contributed by atoms with Crippen molar-refractivity contribution in [1.29, 1.82) is 0 Å². The molecule has 1 unspecified atom stereocenters. The zero-order valence-corrected chi connectivity index (χ0v) is 27.3. The van der Waals surface area contributed by atoms with Gasteiger partial charge in [0.15, 0.2) is 5.28 Å². The Morgan fingerprint density at radius 2 is 1.34 bits per heavy atom. The van der Waals surface area contributed by atoms with Crippen LogP contribution in [0.15, 0.2) is 99.6 Å². The standard InChI is InChI=1S/C31H36NO9PS2/c1-4-6-21-40-42(34,41-22-7-5-2)31(32-44(37,38)26-19-17-24(39-3)18-20-26)23-29(30(33)27-15-11-12-16-28(27)31)43(35,36)25-13-9-8-10-14-25/h8-20,23,32H,4-7,21-22H2,1-3H3. The third-order valence-corrected chi connectivity index (χ3v) is 12.9. The number of sulfone groups is 1. The maximum atomic E-state index is 15.2. The van der Waals surface area contributed by atoms with Gasteiger partial charge < -0.3 is 13.8 Å². The molecule has 0 saturated heterocycles. The number of Topliss-reactive ketones (excluding diaryl/α,β-unsaturated/α-hetero) is 1. The first-order chi connectivity index (χ1) is 21.0. The van der Waals surface area contributed by atoms with E-state index in [4.69, 9.17) is 13.8 Å². The molecule has 0 radical (unpaired) electrons. The van der Waals surface area contributed by atoms with E-state index in [1.165, 1.54) is 79.9 Å². The van der Waals surface area contributed by atoms with Gasteiger partial charge in [-0.1, -0.05) is 69.2 Å². The predicted molar refractivity (Wildman–Crippen MR) is 167 cm³/mol. The fourth-order valence-corrected chi connectivity index (χ4v) is 10.2. The van der Waals surface area contributed by atoms with Gasteiger partial charge in [-0.05, 0) is 55.3 Å². The van der Waals surface area contributed by atoms with Crippen LogP contribution in [0.5, 0.6) is 5.75 Å². The first kappa shape index (κ1) is 33.8. The third kappa shape index (κ3) is 6.61. The minimum Gasteiger partial charge on any atom is -0.497 e. The van der Waals surface area contributed by atoms with Crippen LogP contribution in [0.25, 0.3) is 0 Å². The molecule has 3 aromatic rings. The van der Waals surface area contributed by atoms with Crippen molar-refractivity contribution in [2.75, 3.05) is 20.3 Å². The summed E-state index contributed by atoms with van der Waals surface area (Å²) in [6, 6.07) is 18.6. The smallest absolute Gasteiger partial charge is 0.360 e. The van der Waals surface area contributed by atoms with E-state index >= 15 is 4.57 Å². The van der Waals surface area contributed by atoms with Crippen molar-refractivity contribution in [2.24, 2.45) is 0 Å². The molecule has 0 heterocycles. The normalized spacial score (nSPS) is 17.2. The van der Waals surface area contributed by atoms with Crippen molar-refractivity contribution >= 4 is 33.2 Å². The summed E-state index contributed by atoms with van der Waals surface area (Å²) in [6.07, 6.45) is 3.15. The van der Waals surface area contributed by atoms with E-state index in [2.05, 4.69) is 4.72 Å². The monoisotopic (exact) mass is 661 g/mol. The summed E-state index contributed by atoms with van der Waals surface area (Å²) in [7, 11) is -12.4. The number of benzene rings is 3. The van der Waals surface area contributed by atoms with Crippen molar-refractivity contribution in [3.8, 4) is 5.75 Å². The average Bonchev–Trinajstić information content (AvgIpc) is 3.03. The molecule has 236 valence electrons. The summed E-state index contributed by atoms with van der Waals surface area (Å²) in [5.74, 6) is -0.475. The van der Waals surface area contributed by atoms with Crippen LogP contribution in [-0.2, 0) is 38.8 Å². The lowest BCUT2D eigenvalue weighted by Gasteiger charge is -2.40. The molecule has 4 rings (SSSR count). The van der Waals surface area contributed by atoms with Gasteiger partial charge in [0.1, 0.15) is 10.7 Å². The number of rotatable bonds is 15. The fraction of sp³-hybridized carbons (Fsp3) is 0.323. The lowest BCUT2D eigenvalue weighted by Crippen LogP contribution is -2.48. The Bertz CT molecular complexity index is 1760. The molecule has 44 heavy (non-hydrogen) atoms. The van der Waals surface area contributed by atoms with E-state index in [1.54, 1.807) is 6.07 Å². The van der Waals surface area contributed by atoms with Crippen LogP contribution in [-0.4, -0.2) is 42.9 Å². The molecule has 0 spiro atoms. The van der Waals surface area contributed by atoms with Crippen LogP contribution in [0.3, 0.4) is 0 Å². The zero-order chi connectivity index (χ0) is 32.0. The van der Waals surface area contributed by atoms with Crippen molar-refractivity contribution in [3.63, 3.8) is 0 Å². The van der Waals surface area contributed by atoms with Crippen LogP contribution in [0.4, 0.5) is 0 Å². The summed E-state index contributed by atoms with van der Waals surface area (Å²) < 4.78 is 91.0. The number of fused-ring (bicyclic) bond motifs is 1. The number of allylic oxidation sites excluding steroid dienone is 1. The number of nitrogens with one attached hydrogen (secondary N) is 1. The van der Waals surface area contributed by atoms with Crippen molar-refractivity contribution in [3.05, 3.63) is 101 Å². The summed E-state index contributed by atoms with van der Waals surface area (Å²) in [5.41, 5.74) is -0.203. The number of ether oxygens (including phenoxy) is 1. The van der Waals surface area contributed by atoms with E-state index < -0.39 is 43.4 Å². The van der Waals surface area contributed by atoms with Crippen LogP contribution < -0.4 is 9.46 Å². The van der Waals surface area contributed by atoms with Gasteiger partial charge in [0.25, 0.3) is 0 Å². The highest BCUT2D eigenvalue weighted by molar-refractivity contribution is 7.96. The maximum absolute atomic E-state index is 15.2. The Hall–Kier alpha value is -3.12. The lowest BCUT2D eigenvalue weighted by molar-refractivity contribution is 0.103. The lowest BCUT2D eigenvalue weighted by atomic mass is 9.92. The molecule has 1 atom stereocenters. The number of carbonyl (C=O) groups excluding carboxylic acids is 1. The molecule has 0 saturated carbocycles. The summed E-state index contributed by atoms with van der Waals surface area (Å²) in [4.78, 5) is 12.7. The van der Waals surface area contributed by atoms with Crippen LogP contribution in [0, 0.1) is 0 Å². The van der Waals surface area contributed by atoms with Crippen LogP contribution >= 0.6 is 7.60 Å². The molecule has 10 nitrogen and oxygen atoms in total. The van der Waals surface area contributed by atoms with Crippen LogP contribution in [0.1, 0.15) is 55.5 Å². The van der Waals surface area contributed by atoms with E-state index in [9.17, 15) is 21.6 Å². The average molecular weight is 662 g/mol. The van der Waals surface area contributed by atoms with Gasteiger partial charge >= 0.3 is 7.60 Å². The minimum absolute atomic E-state index is 0.0505. The molecule has 0 fully saturated rings. The first-order valence-electron chi connectivity index (χ1n) is 14.2. The van der Waals surface area contributed by atoms with E-state index in [0.29, 0.717) is 31.4 Å². The molecule has 0 bridgehead atoms. The van der Waals surface area contributed by atoms with Crippen molar-refractivity contribution < 1.29 is 40.0 Å². The van der Waals surface area contributed by atoms with Gasteiger partial charge in [-0.25, -0.2) is 16.8 Å². The molecule has 0 amide bonds. The third-order valence-electron chi connectivity index (χ3n) is 7.10. The maximum Gasteiger partial charge on any atom is 0.360 e. The van der Waals surface area contributed by atoms with Gasteiger partial charge in [0.05, 0.1) is 30.1 Å². The molecule has 3 aromatic carbocycles. The SMILES string of the molecule is CCCCOP(=O)(OCCCC)C1(NS(=O)(=O)c2ccc(OC)cc2)C=C(S(=O)(=O)c2ccccc2)C(=O)c2ccccc21.